The first-order valence-electron chi connectivity index (χ1n) is 4.43. The molecule has 0 saturated carbocycles. The van der Waals surface area contributed by atoms with Gasteiger partial charge in [-0.15, -0.1) is 5.10 Å². The second-order valence-corrected chi connectivity index (χ2v) is 4.34. The fourth-order valence-corrected chi connectivity index (χ4v) is 1.65. The third-order valence-electron chi connectivity index (χ3n) is 2.02. The molecule has 0 amide bonds. The zero-order valence-electron chi connectivity index (χ0n) is 8.19. The van der Waals surface area contributed by atoms with Gasteiger partial charge in [0, 0.05) is 0 Å². The van der Waals surface area contributed by atoms with Gasteiger partial charge in [-0.2, -0.15) is 4.68 Å². The van der Waals surface area contributed by atoms with Crippen molar-refractivity contribution in [2.75, 3.05) is 0 Å². The van der Waals surface area contributed by atoms with Crippen LogP contribution in [0.25, 0.3) is 5.69 Å². The SMILES string of the molecule is O=c1cc(O)c(Cl)nn1-c1ccc(Cl)c(Cl)c1. The molecular weight excluding hydrogens is 286 g/mol. The molecule has 0 atom stereocenters. The molecule has 17 heavy (non-hydrogen) atoms. The zero-order chi connectivity index (χ0) is 12.6. The molecule has 0 saturated heterocycles. The number of aromatic nitrogens is 2. The van der Waals surface area contributed by atoms with Crippen LogP contribution in [0.4, 0.5) is 0 Å². The molecule has 4 nitrogen and oxygen atoms in total. The highest BCUT2D eigenvalue weighted by Crippen LogP contribution is 2.24. The van der Waals surface area contributed by atoms with E-state index < -0.39 is 5.56 Å². The fraction of sp³-hybridized carbons (Fsp3) is 0. The fourth-order valence-electron chi connectivity index (χ4n) is 1.23. The Hall–Kier alpha value is -1.23. The van der Waals surface area contributed by atoms with E-state index in [1.165, 1.54) is 12.1 Å². The van der Waals surface area contributed by atoms with Gasteiger partial charge in [-0.05, 0) is 18.2 Å². The summed E-state index contributed by atoms with van der Waals surface area (Å²) < 4.78 is 1.02. The molecule has 88 valence electrons. The lowest BCUT2D eigenvalue weighted by Gasteiger charge is -2.06. The van der Waals surface area contributed by atoms with E-state index in [1.54, 1.807) is 6.07 Å². The highest BCUT2D eigenvalue weighted by molar-refractivity contribution is 6.42. The third-order valence-corrected chi connectivity index (χ3v) is 3.02. The molecule has 0 aliphatic carbocycles. The lowest BCUT2D eigenvalue weighted by atomic mass is 10.3. The van der Waals surface area contributed by atoms with Gasteiger partial charge in [-0.3, -0.25) is 4.79 Å². The molecule has 0 spiro atoms. The number of benzene rings is 1. The van der Waals surface area contributed by atoms with Crippen LogP contribution >= 0.6 is 34.8 Å². The van der Waals surface area contributed by atoms with E-state index in [-0.39, 0.29) is 10.9 Å². The van der Waals surface area contributed by atoms with Gasteiger partial charge in [0.2, 0.25) is 0 Å². The maximum absolute atomic E-state index is 11.6. The zero-order valence-corrected chi connectivity index (χ0v) is 10.5. The average molecular weight is 292 g/mol. The molecule has 1 aromatic carbocycles. The van der Waals surface area contributed by atoms with Crippen LogP contribution in [0.2, 0.25) is 15.2 Å². The second kappa shape index (κ2) is 4.56. The van der Waals surface area contributed by atoms with Crippen LogP contribution in [0.5, 0.6) is 5.75 Å². The van der Waals surface area contributed by atoms with Crippen molar-refractivity contribution in [3.8, 4) is 11.4 Å². The summed E-state index contributed by atoms with van der Waals surface area (Å²) in [7, 11) is 0. The lowest BCUT2D eigenvalue weighted by molar-refractivity contribution is 0.467. The van der Waals surface area contributed by atoms with Crippen molar-refractivity contribution >= 4 is 34.8 Å². The lowest BCUT2D eigenvalue weighted by Crippen LogP contribution is -2.19. The number of hydrogen-bond donors (Lipinski definition) is 1. The van der Waals surface area contributed by atoms with Crippen LogP contribution in [-0.4, -0.2) is 14.9 Å². The smallest absolute Gasteiger partial charge is 0.275 e. The highest BCUT2D eigenvalue weighted by atomic mass is 35.5. The minimum atomic E-state index is -0.523. The maximum Gasteiger partial charge on any atom is 0.275 e. The summed E-state index contributed by atoms with van der Waals surface area (Å²) in [6.07, 6.45) is 0. The Morgan fingerprint density at radius 3 is 2.47 bits per heavy atom. The van der Waals surface area contributed by atoms with E-state index in [0.717, 1.165) is 10.7 Å². The predicted molar refractivity (Wildman–Crippen MR) is 66.5 cm³/mol. The van der Waals surface area contributed by atoms with Crippen molar-refractivity contribution in [1.29, 1.82) is 0 Å². The van der Waals surface area contributed by atoms with Crippen molar-refractivity contribution < 1.29 is 5.11 Å². The Bertz CT molecular complexity index is 640. The van der Waals surface area contributed by atoms with E-state index in [4.69, 9.17) is 34.8 Å². The molecular formula is C10H5Cl3N2O2. The van der Waals surface area contributed by atoms with E-state index in [2.05, 4.69) is 5.10 Å². The Kier molecular flexibility index (Phi) is 3.28. The van der Waals surface area contributed by atoms with E-state index in [0.29, 0.717) is 15.7 Å². The van der Waals surface area contributed by atoms with Crippen LogP contribution in [0.15, 0.2) is 29.1 Å². The minimum Gasteiger partial charge on any atom is -0.505 e. The largest absolute Gasteiger partial charge is 0.505 e. The molecule has 0 fully saturated rings. The molecule has 0 bridgehead atoms. The molecule has 1 aromatic heterocycles. The number of nitrogens with zero attached hydrogens (tertiary/aromatic N) is 2. The predicted octanol–water partition coefficient (Wildman–Crippen LogP) is 2.90. The van der Waals surface area contributed by atoms with Crippen LogP contribution in [-0.2, 0) is 0 Å². The highest BCUT2D eigenvalue weighted by Gasteiger charge is 2.08. The number of halogens is 3. The molecule has 0 aliphatic rings. The molecule has 2 rings (SSSR count). The van der Waals surface area contributed by atoms with Crippen LogP contribution in [0.3, 0.4) is 0 Å². The first-order chi connectivity index (χ1) is 7.99. The van der Waals surface area contributed by atoms with Gasteiger partial charge in [-0.25, -0.2) is 0 Å². The summed E-state index contributed by atoms with van der Waals surface area (Å²) in [6, 6.07) is 5.55. The third kappa shape index (κ3) is 2.39. The second-order valence-electron chi connectivity index (χ2n) is 3.17. The summed E-state index contributed by atoms with van der Waals surface area (Å²) in [5.41, 5.74) is -0.114. The van der Waals surface area contributed by atoms with Gasteiger partial charge >= 0.3 is 0 Å². The van der Waals surface area contributed by atoms with Crippen molar-refractivity contribution in [3.05, 3.63) is 49.8 Å². The summed E-state index contributed by atoms with van der Waals surface area (Å²) in [5.74, 6) is -0.368. The van der Waals surface area contributed by atoms with Crippen LogP contribution < -0.4 is 5.56 Å². The molecule has 0 aliphatic heterocycles. The first-order valence-corrected chi connectivity index (χ1v) is 5.56. The van der Waals surface area contributed by atoms with Crippen LogP contribution in [0.1, 0.15) is 0 Å². The Balaban J connectivity index is 2.64. The van der Waals surface area contributed by atoms with Gasteiger partial charge in [0.1, 0.15) is 0 Å². The quantitative estimate of drug-likeness (QED) is 0.879. The monoisotopic (exact) mass is 290 g/mol. The molecule has 7 heteroatoms. The normalized spacial score (nSPS) is 10.5. The topological polar surface area (TPSA) is 55.1 Å². The summed E-state index contributed by atoms with van der Waals surface area (Å²) in [4.78, 5) is 11.6. The van der Waals surface area contributed by atoms with Crippen LogP contribution in [0, 0.1) is 0 Å². The number of hydrogen-bond acceptors (Lipinski definition) is 3. The van der Waals surface area contributed by atoms with Crippen molar-refractivity contribution in [2.45, 2.75) is 0 Å². The number of rotatable bonds is 1. The van der Waals surface area contributed by atoms with Gasteiger partial charge in [0.05, 0.1) is 21.8 Å². The Labute approximate surface area is 111 Å². The minimum absolute atomic E-state index is 0.171. The summed E-state index contributed by atoms with van der Waals surface area (Å²) in [5, 5.41) is 13.4. The van der Waals surface area contributed by atoms with E-state index >= 15 is 0 Å². The average Bonchev–Trinajstić information content (AvgIpc) is 2.27. The van der Waals surface area contributed by atoms with Gasteiger partial charge in [0.15, 0.2) is 10.9 Å². The first kappa shape index (κ1) is 12.2. The Morgan fingerprint density at radius 2 is 1.82 bits per heavy atom. The molecule has 0 radical (unpaired) electrons. The van der Waals surface area contributed by atoms with E-state index in [1.807, 2.05) is 0 Å². The Morgan fingerprint density at radius 1 is 1.12 bits per heavy atom. The van der Waals surface area contributed by atoms with Crippen molar-refractivity contribution in [3.63, 3.8) is 0 Å². The molecule has 2 aromatic rings. The summed E-state index contributed by atoms with van der Waals surface area (Å²) >= 11 is 17.2. The molecule has 1 heterocycles. The van der Waals surface area contributed by atoms with Gasteiger partial charge < -0.3 is 5.11 Å². The van der Waals surface area contributed by atoms with E-state index in [9.17, 15) is 9.90 Å². The number of aromatic hydroxyl groups is 1. The van der Waals surface area contributed by atoms with Gasteiger partial charge in [0.25, 0.3) is 5.56 Å². The van der Waals surface area contributed by atoms with Crippen molar-refractivity contribution in [2.24, 2.45) is 0 Å². The maximum atomic E-state index is 11.6. The summed E-state index contributed by atoms with van der Waals surface area (Å²) in [6.45, 7) is 0. The molecule has 0 unspecified atom stereocenters. The standard InChI is InChI=1S/C10H5Cl3N2O2/c11-6-2-1-5(3-7(6)12)15-9(17)4-8(16)10(13)14-15/h1-4,16H. The van der Waals surface area contributed by atoms with Gasteiger partial charge in [-0.1, -0.05) is 34.8 Å². The van der Waals surface area contributed by atoms with Crippen molar-refractivity contribution in [1.82, 2.24) is 9.78 Å². The molecule has 1 N–H and O–H groups in total.